The van der Waals surface area contributed by atoms with E-state index < -0.39 is 13.0 Å². The number of amides is 1. The van der Waals surface area contributed by atoms with E-state index in [1.54, 1.807) is 0 Å². The maximum Gasteiger partial charge on any atom is 0.261 e. The zero-order valence-corrected chi connectivity index (χ0v) is 10.3. The molecule has 1 unspecified atom stereocenters. The summed E-state index contributed by atoms with van der Waals surface area (Å²) in [5.41, 5.74) is 0. The normalized spacial score (nSPS) is 13.1. The van der Waals surface area contributed by atoms with Crippen LogP contribution in [-0.4, -0.2) is 43.3 Å². The van der Waals surface area contributed by atoms with Gasteiger partial charge in [0, 0.05) is 19.1 Å². The number of aliphatic hydroxyl groups is 1. The van der Waals surface area contributed by atoms with Gasteiger partial charge >= 0.3 is 0 Å². The number of hydrogen-bond acceptors (Lipinski definition) is 3. The fourth-order valence-corrected chi connectivity index (χ4v) is 1.33. The number of alkyl halides is 2. The Bertz CT molecular complexity index is 213. The summed E-state index contributed by atoms with van der Waals surface area (Å²) < 4.78 is 28.1. The van der Waals surface area contributed by atoms with Gasteiger partial charge in [-0.3, -0.25) is 4.79 Å². The maximum atomic E-state index is 11.7. The number of hydrogen-bond donors (Lipinski definition) is 2. The highest BCUT2D eigenvalue weighted by Gasteiger charge is 2.15. The predicted molar refractivity (Wildman–Crippen MR) is 59.9 cm³/mol. The van der Waals surface area contributed by atoms with Gasteiger partial charge in [-0.25, -0.2) is 8.78 Å². The molecule has 0 aliphatic carbocycles. The quantitative estimate of drug-likeness (QED) is 0.607. The first-order valence-electron chi connectivity index (χ1n) is 5.73. The van der Waals surface area contributed by atoms with Gasteiger partial charge in [-0.15, -0.1) is 0 Å². The smallest absolute Gasteiger partial charge is 0.261 e. The molecular formula is C11H21F2NO3. The highest BCUT2D eigenvalue weighted by Crippen LogP contribution is 2.05. The second-order valence-corrected chi connectivity index (χ2v) is 4.15. The molecule has 0 fully saturated rings. The zero-order chi connectivity index (χ0) is 13.3. The number of halogens is 2. The Balaban J connectivity index is 3.75. The Hall–Kier alpha value is -0.750. The van der Waals surface area contributed by atoms with Crippen LogP contribution >= 0.6 is 0 Å². The lowest BCUT2D eigenvalue weighted by atomic mass is 10.0. The van der Waals surface area contributed by atoms with E-state index in [4.69, 9.17) is 5.11 Å². The zero-order valence-electron chi connectivity index (χ0n) is 10.3. The molecule has 0 aliphatic rings. The van der Waals surface area contributed by atoms with Crippen molar-refractivity contribution >= 4 is 5.91 Å². The minimum Gasteiger partial charge on any atom is -0.396 e. The van der Waals surface area contributed by atoms with Crippen molar-refractivity contribution in [1.29, 1.82) is 0 Å². The maximum absolute atomic E-state index is 11.7. The van der Waals surface area contributed by atoms with Crippen molar-refractivity contribution in [1.82, 2.24) is 5.32 Å². The number of carbonyl (C=O) groups is 1. The van der Waals surface area contributed by atoms with Crippen LogP contribution in [0.15, 0.2) is 0 Å². The summed E-state index contributed by atoms with van der Waals surface area (Å²) in [6.07, 6.45) is -1.96. The Morgan fingerprint density at radius 1 is 1.41 bits per heavy atom. The van der Waals surface area contributed by atoms with Gasteiger partial charge in [0.25, 0.3) is 6.43 Å². The van der Waals surface area contributed by atoms with Crippen molar-refractivity contribution in [3.63, 3.8) is 0 Å². The van der Waals surface area contributed by atoms with Crippen molar-refractivity contribution in [2.45, 2.75) is 39.2 Å². The molecule has 0 aliphatic heterocycles. The standard InChI is InChI=1S/C11H21F2NO3/c1-8(2)9(3-5-15)14-11(16)4-6-17-7-10(12)13/h8-10,15H,3-7H2,1-2H3,(H,14,16). The molecule has 6 heteroatoms. The summed E-state index contributed by atoms with van der Waals surface area (Å²) in [5, 5.41) is 11.6. The minimum atomic E-state index is -2.50. The van der Waals surface area contributed by atoms with Crippen LogP contribution in [0.2, 0.25) is 0 Å². The average molecular weight is 253 g/mol. The second-order valence-electron chi connectivity index (χ2n) is 4.15. The topological polar surface area (TPSA) is 58.6 Å². The highest BCUT2D eigenvalue weighted by atomic mass is 19.3. The van der Waals surface area contributed by atoms with E-state index in [0.29, 0.717) is 6.42 Å². The molecule has 0 saturated heterocycles. The van der Waals surface area contributed by atoms with Gasteiger partial charge in [-0.1, -0.05) is 13.8 Å². The van der Waals surface area contributed by atoms with Crippen molar-refractivity contribution in [3.8, 4) is 0 Å². The summed E-state index contributed by atoms with van der Waals surface area (Å²) in [6.45, 7) is 3.23. The van der Waals surface area contributed by atoms with Crippen molar-refractivity contribution < 1.29 is 23.4 Å². The van der Waals surface area contributed by atoms with E-state index in [0.717, 1.165) is 0 Å². The van der Waals surface area contributed by atoms with E-state index in [2.05, 4.69) is 10.1 Å². The monoisotopic (exact) mass is 253 g/mol. The van der Waals surface area contributed by atoms with Crippen molar-refractivity contribution in [3.05, 3.63) is 0 Å². The number of aliphatic hydroxyl groups excluding tert-OH is 1. The SMILES string of the molecule is CC(C)C(CCO)NC(=O)CCOCC(F)F. The molecular weight excluding hydrogens is 232 g/mol. The highest BCUT2D eigenvalue weighted by molar-refractivity contribution is 5.76. The van der Waals surface area contributed by atoms with Gasteiger partial charge in [0.15, 0.2) is 0 Å². The van der Waals surface area contributed by atoms with E-state index >= 15 is 0 Å². The lowest BCUT2D eigenvalue weighted by Gasteiger charge is -2.21. The molecule has 0 spiro atoms. The molecule has 0 aromatic heterocycles. The molecule has 17 heavy (non-hydrogen) atoms. The molecule has 4 nitrogen and oxygen atoms in total. The van der Waals surface area contributed by atoms with Gasteiger partial charge in [-0.2, -0.15) is 0 Å². The summed E-state index contributed by atoms with van der Waals surface area (Å²) in [5.74, 6) is -0.0282. The van der Waals surface area contributed by atoms with Gasteiger partial charge in [0.1, 0.15) is 6.61 Å². The molecule has 0 bridgehead atoms. The lowest BCUT2D eigenvalue weighted by Crippen LogP contribution is -2.39. The van der Waals surface area contributed by atoms with Gasteiger partial charge in [0.2, 0.25) is 5.91 Å². The van der Waals surface area contributed by atoms with E-state index in [9.17, 15) is 13.6 Å². The van der Waals surface area contributed by atoms with Crippen LogP contribution < -0.4 is 5.32 Å². The molecule has 0 saturated carbocycles. The van der Waals surface area contributed by atoms with Gasteiger partial charge < -0.3 is 15.2 Å². The Morgan fingerprint density at radius 2 is 2.06 bits per heavy atom. The number of rotatable bonds is 9. The number of carbonyl (C=O) groups excluding carboxylic acids is 1. The third kappa shape index (κ3) is 9.00. The minimum absolute atomic E-state index is 0.00497. The van der Waals surface area contributed by atoms with E-state index in [-0.39, 0.29) is 37.5 Å². The van der Waals surface area contributed by atoms with Crippen LogP contribution in [0.4, 0.5) is 8.78 Å². The largest absolute Gasteiger partial charge is 0.396 e. The fraction of sp³-hybridized carbons (Fsp3) is 0.909. The molecule has 1 atom stereocenters. The first kappa shape index (κ1) is 16.2. The van der Waals surface area contributed by atoms with Crippen LogP contribution in [0.3, 0.4) is 0 Å². The van der Waals surface area contributed by atoms with E-state index in [1.165, 1.54) is 0 Å². The molecule has 102 valence electrons. The summed E-state index contributed by atoms with van der Waals surface area (Å²) in [4.78, 5) is 11.4. The molecule has 2 N–H and O–H groups in total. The molecule has 0 aromatic carbocycles. The molecule has 0 aromatic rings. The summed E-state index contributed by atoms with van der Waals surface area (Å²) in [7, 11) is 0. The Morgan fingerprint density at radius 3 is 2.53 bits per heavy atom. The van der Waals surface area contributed by atoms with Crippen molar-refractivity contribution in [2.75, 3.05) is 19.8 Å². The fourth-order valence-electron chi connectivity index (χ4n) is 1.33. The van der Waals surface area contributed by atoms with Crippen LogP contribution in [-0.2, 0) is 9.53 Å². The molecule has 1 amide bonds. The van der Waals surface area contributed by atoms with Gasteiger partial charge in [0.05, 0.1) is 6.61 Å². The first-order valence-corrected chi connectivity index (χ1v) is 5.73. The summed E-state index contributed by atoms with van der Waals surface area (Å²) >= 11 is 0. The van der Waals surface area contributed by atoms with Crippen LogP contribution in [0.1, 0.15) is 26.7 Å². The van der Waals surface area contributed by atoms with Crippen LogP contribution in [0.5, 0.6) is 0 Å². The molecule has 0 rings (SSSR count). The van der Waals surface area contributed by atoms with Crippen molar-refractivity contribution in [2.24, 2.45) is 5.92 Å². The third-order valence-corrected chi connectivity index (χ3v) is 2.31. The second kappa shape index (κ2) is 9.30. The lowest BCUT2D eigenvalue weighted by molar-refractivity contribution is -0.123. The summed E-state index contributed by atoms with van der Waals surface area (Å²) in [6, 6.07) is -0.0948. The van der Waals surface area contributed by atoms with Crippen LogP contribution in [0, 0.1) is 5.92 Å². The number of ether oxygens (including phenoxy) is 1. The average Bonchev–Trinajstić information content (AvgIpc) is 2.23. The Labute approximate surface area is 100 Å². The van der Waals surface area contributed by atoms with Crippen LogP contribution in [0.25, 0.3) is 0 Å². The first-order chi connectivity index (χ1) is 7.97. The predicted octanol–water partition coefficient (Wildman–Crippen LogP) is 1.18. The molecule has 0 heterocycles. The Kier molecular flexibility index (Phi) is 8.89. The third-order valence-electron chi connectivity index (χ3n) is 2.31. The van der Waals surface area contributed by atoms with Gasteiger partial charge in [-0.05, 0) is 12.3 Å². The number of nitrogens with one attached hydrogen (secondary N) is 1. The van der Waals surface area contributed by atoms with E-state index in [1.807, 2.05) is 13.8 Å². The molecule has 0 radical (unpaired) electrons.